The van der Waals surface area contributed by atoms with E-state index in [0.717, 1.165) is 0 Å². The number of anilines is 1. The molecule has 0 aliphatic carbocycles. The third-order valence-corrected chi connectivity index (χ3v) is 3.50. The number of halogens is 1. The van der Waals surface area contributed by atoms with Crippen LogP contribution in [0.25, 0.3) is 0 Å². The van der Waals surface area contributed by atoms with Crippen LogP contribution in [0.15, 0.2) is 52.7 Å². The minimum atomic E-state index is -0.577. The quantitative estimate of drug-likeness (QED) is 0.532. The molecule has 1 amide bonds. The van der Waals surface area contributed by atoms with Gasteiger partial charge in [-0.15, -0.1) is 5.10 Å². The number of nitro groups is 1. The summed E-state index contributed by atoms with van der Waals surface area (Å²) in [6.07, 6.45) is 1.32. The Bertz CT molecular complexity index is 877. The van der Waals surface area contributed by atoms with Gasteiger partial charge in [0.15, 0.2) is 5.71 Å². The molecule has 0 bridgehead atoms. The van der Waals surface area contributed by atoms with Gasteiger partial charge in [-0.2, -0.15) is 5.10 Å². The number of nitrogens with zero attached hydrogens (tertiary/aromatic N) is 3. The van der Waals surface area contributed by atoms with Crippen molar-refractivity contribution >= 4 is 40.8 Å². The first-order valence-electron chi connectivity index (χ1n) is 6.52. The molecule has 23 heavy (non-hydrogen) atoms. The standard InChI is InChI=1S/C15H9ClN4O3/c16-11-6-5-9(7-13(11)20(22)23)8-17-19-14-10-3-1-2-4-12(10)18-15(14)21/h1-8H,(H,18,19,21)/b17-8-. The van der Waals surface area contributed by atoms with Crippen molar-refractivity contribution in [3.63, 3.8) is 0 Å². The predicted octanol–water partition coefficient (Wildman–Crippen LogP) is 3.02. The van der Waals surface area contributed by atoms with Crippen molar-refractivity contribution in [1.29, 1.82) is 0 Å². The maximum atomic E-state index is 11.8. The normalized spacial score (nSPS) is 15.0. The van der Waals surface area contributed by atoms with E-state index in [0.29, 0.717) is 16.8 Å². The van der Waals surface area contributed by atoms with E-state index in [1.165, 1.54) is 18.3 Å². The van der Waals surface area contributed by atoms with Gasteiger partial charge in [-0.1, -0.05) is 35.9 Å². The lowest BCUT2D eigenvalue weighted by molar-refractivity contribution is -0.384. The van der Waals surface area contributed by atoms with Crippen molar-refractivity contribution in [1.82, 2.24) is 0 Å². The van der Waals surface area contributed by atoms with Crippen LogP contribution in [0.4, 0.5) is 11.4 Å². The minimum Gasteiger partial charge on any atom is -0.320 e. The molecule has 8 heteroatoms. The van der Waals surface area contributed by atoms with Crippen molar-refractivity contribution in [2.24, 2.45) is 10.2 Å². The van der Waals surface area contributed by atoms with Crippen LogP contribution in [0.1, 0.15) is 11.1 Å². The third kappa shape index (κ3) is 2.95. The molecule has 1 aliphatic heterocycles. The maximum absolute atomic E-state index is 11.8. The largest absolute Gasteiger partial charge is 0.320 e. The first-order chi connectivity index (χ1) is 11.1. The Hall–Kier alpha value is -3.06. The predicted molar refractivity (Wildman–Crippen MR) is 87.3 cm³/mol. The number of carbonyl (C=O) groups excluding carboxylic acids is 1. The molecule has 0 saturated heterocycles. The average Bonchev–Trinajstić information content (AvgIpc) is 2.84. The lowest BCUT2D eigenvalue weighted by Crippen LogP contribution is -2.13. The highest BCUT2D eigenvalue weighted by molar-refractivity contribution is 6.53. The van der Waals surface area contributed by atoms with Crippen LogP contribution in [0, 0.1) is 10.1 Å². The molecule has 1 N–H and O–H groups in total. The molecule has 3 rings (SSSR count). The molecule has 0 unspecified atom stereocenters. The van der Waals surface area contributed by atoms with Crippen molar-refractivity contribution < 1.29 is 9.72 Å². The second kappa shape index (κ2) is 5.98. The van der Waals surface area contributed by atoms with Gasteiger partial charge in [-0.05, 0) is 12.1 Å². The van der Waals surface area contributed by atoms with Crippen LogP contribution in [0.3, 0.4) is 0 Å². The van der Waals surface area contributed by atoms with Crippen LogP contribution >= 0.6 is 11.6 Å². The zero-order valence-corrected chi connectivity index (χ0v) is 12.3. The molecule has 0 saturated carbocycles. The van der Waals surface area contributed by atoms with Crippen LogP contribution in [0.5, 0.6) is 0 Å². The summed E-state index contributed by atoms with van der Waals surface area (Å²) in [5.74, 6) is -0.342. The third-order valence-electron chi connectivity index (χ3n) is 3.18. The zero-order chi connectivity index (χ0) is 16.4. The summed E-state index contributed by atoms with van der Waals surface area (Å²) >= 11 is 5.74. The molecular formula is C15H9ClN4O3. The molecule has 0 fully saturated rings. The first-order valence-corrected chi connectivity index (χ1v) is 6.90. The Kier molecular flexibility index (Phi) is 3.86. The van der Waals surface area contributed by atoms with Gasteiger partial charge in [-0.3, -0.25) is 14.9 Å². The van der Waals surface area contributed by atoms with Gasteiger partial charge in [0.1, 0.15) is 5.02 Å². The van der Waals surface area contributed by atoms with Crippen molar-refractivity contribution in [2.75, 3.05) is 5.32 Å². The van der Waals surface area contributed by atoms with E-state index in [4.69, 9.17) is 11.6 Å². The smallest absolute Gasteiger partial charge is 0.288 e. The number of rotatable bonds is 3. The second-order valence-corrected chi connectivity index (χ2v) is 5.07. The lowest BCUT2D eigenvalue weighted by Gasteiger charge is -1.96. The van der Waals surface area contributed by atoms with Crippen LogP contribution in [-0.4, -0.2) is 22.8 Å². The molecule has 7 nitrogen and oxygen atoms in total. The summed E-state index contributed by atoms with van der Waals surface area (Å²) < 4.78 is 0. The Morgan fingerprint density at radius 3 is 2.78 bits per heavy atom. The van der Waals surface area contributed by atoms with Gasteiger partial charge in [0, 0.05) is 17.2 Å². The highest BCUT2D eigenvalue weighted by Crippen LogP contribution is 2.25. The fourth-order valence-electron chi connectivity index (χ4n) is 2.10. The van der Waals surface area contributed by atoms with E-state index in [1.807, 2.05) is 0 Å². The van der Waals surface area contributed by atoms with Gasteiger partial charge in [0.2, 0.25) is 0 Å². The number of carbonyl (C=O) groups is 1. The van der Waals surface area contributed by atoms with E-state index in [1.54, 1.807) is 30.3 Å². The summed E-state index contributed by atoms with van der Waals surface area (Å²) in [6, 6.07) is 11.4. The fourth-order valence-corrected chi connectivity index (χ4v) is 2.29. The van der Waals surface area contributed by atoms with Crippen molar-refractivity contribution in [3.05, 3.63) is 68.7 Å². The zero-order valence-electron chi connectivity index (χ0n) is 11.6. The minimum absolute atomic E-state index is 0.0440. The van der Waals surface area contributed by atoms with E-state index in [2.05, 4.69) is 15.5 Å². The molecule has 0 radical (unpaired) electrons. The Labute approximate surface area is 135 Å². The fraction of sp³-hybridized carbons (Fsp3) is 0. The summed E-state index contributed by atoms with van der Waals surface area (Å²) in [7, 11) is 0. The number of benzene rings is 2. The Balaban J connectivity index is 1.88. The number of para-hydroxylation sites is 1. The molecule has 114 valence electrons. The molecule has 0 spiro atoms. The summed E-state index contributed by atoms with van der Waals surface area (Å²) in [4.78, 5) is 22.1. The van der Waals surface area contributed by atoms with Gasteiger partial charge in [-0.25, -0.2) is 0 Å². The molecule has 2 aromatic rings. The number of nitro benzene ring substituents is 1. The highest BCUT2D eigenvalue weighted by Gasteiger charge is 2.25. The summed E-state index contributed by atoms with van der Waals surface area (Å²) in [5.41, 5.74) is 1.77. The van der Waals surface area contributed by atoms with E-state index >= 15 is 0 Å². The molecule has 1 heterocycles. The SMILES string of the molecule is O=C1Nc2ccccc2/C1=N/N=C\c1ccc(Cl)c([N+](=O)[O-])c1. The maximum Gasteiger partial charge on any atom is 0.288 e. The summed E-state index contributed by atoms with van der Waals surface area (Å²) in [5, 5.41) is 21.3. The molecule has 0 aromatic heterocycles. The van der Waals surface area contributed by atoms with Gasteiger partial charge in [0.05, 0.1) is 16.8 Å². The number of amides is 1. The van der Waals surface area contributed by atoms with Crippen molar-refractivity contribution in [2.45, 2.75) is 0 Å². The van der Waals surface area contributed by atoms with Crippen LogP contribution in [0.2, 0.25) is 5.02 Å². The molecular weight excluding hydrogens is 320 g/mol. The number of fused-ring (bicyclic) bond motifs is 1. The van der Waals surface area contributed by atoms with E-state index in [9.17, 15) is 14.9 Å². The molecule has 2 aromatic carbocycles. The lowest BCUT2D eigenvalue weighted by atomic mass is 10.1. The first kappa shape index (κ1) is 14.9. The molecule has 0 atom stereocenters. The van der Waals surface area contributed by atoms with Crippen LogP contribution < -0.4 is 5.32 Å². The molecule has 1 aliphatic rings. The van der Waals surface area contributed by atoms with Crippen molar-refractivity contribution in [3.8, 4) is 0 Å². The second-order valence-electron chi connectivity index (χ2n) is 4.66. The highest BCUT2D eigenvalue weighted by atomic mass is 35.5. The topological polar surface area (TPSA) is 97.0 Å². The monoisotopic (exact) mass is 328 g/mol. The van der Waals surface area contributed by atoms with E-state index in [-0.39, 0.29) is 22.3 Å². The average molecular weight is 329 g/mol. The van der Waals surface area contributed by atoms with Gasteiger partial charge >= 0.3 is 0 Å². The number of nitrogens with one attached hydrogen (secondary N) is 1. The Morgan fingerprint density at radius 1 is 1.22 bits per heavy atom. The number of hydrogen-bond donors (Lipinski definition) is 1. The summed E-state index contributed by atoms with van der Waals surface area (Å²) in [6.45, 7) is 0. The Morgan fingerprint density at radius 2 is 2.00 bits per heavy atom. The number of hydrogen-bond acceptors (Lipinski definition) is 5. The van der Waals surface area contributed by atoms with Gasteiger partial charge in [0.25, 0.3) is 11.6 Å². The van der Waals surface area contributed by atoms with Gasteiger partial charge < -0.3 is 5.32 Å². The van der Waals surface area contributed by atoms with Crippen LogP contribution in [-0.2, 0) is 4.79 Å². The van der Waals surface area contributed by atoms with E-state index < -0.39 is 4.92 Å².